The van der Waals surface area contributed by atoms with E-state index >= 15 is 0 Å². The van der Waals surface area contributed by atoms with E-state index in [2.05, 4.69) is 26.2 Å². The minimum atomic E-state index is -0.948. The summed E-state index contributed by atoms with van der Waals surface area (Å²) in [5.41, 5.74) is 2.89. The molecule has 33 heavy (non-hydrogen) atoms. The first-order valence-electron chi connectivity index (χ1n) is 10.3. The predicted octanol–water partition coefficient (Wildman–Crippen LogP) is 6.09. The van der Waals surface area contributed by atoms with Gasteiger partial charge in [-0.3, -0.25) is 10.1 Å². The van der Waals surface area contributed by atoms with Crippen LogP contribution in [0.2, 0.25) is 5.02 Å². The highest BCUT2D eigenvalue weighted by Gasteiger charge is 2.20. The Bertz CT molecular complexity index is 1270. The third-order valence-corrected chi connectivity index (χ3v) is 6.24. The molecular formula is C25H21BrClFN2O3. The van der Waals surface area contributed by atoms with E-state index in [1.807, 2.05) is 42.6 Å². The van der Waals surface area contributed by atoms with Crippen molar-refractivity contribution in [2.45, 2.75) is 25.6 Å². The number of carbonyl (C=O) groups is 1. The molecule has 0 fully saturated rings. The Balaban J connectivity index is 1.49. The summed E-state index contributed by atoms with van der Waals surface area (Å²) in [6.07, 6.45) is 2.16. The fraction of sp³-hybridized carbons (Fsp3) is 0.160. The van der Waals surface area contributed by atoms with Crippen LogP contribution in [0, 0.1) is 5.82 Å². The van der Waals surface area contributed by atoms with E-state index in [1.54, 1.807) is 12.1 Å². The summed E-state index contributed by atoms with van der Waals surface area (Å²) in [5.74, 6) is -0.874. The summed E-state index contributed by atoms with van der Waals surface area (Å²) >= 11 is 9.54. The summed E-state index contributed by atoms with van der Waals surface area (Å²) in [6, 6.07) is 16.8. The number of hydrogen-bond donors (Lipinski definition) is 3. The van der Waals surface area contributed by atoms with Crippen molar-refractivity contribution < 1.29 is 19.0 Å². The van der Waals surface area contributed by atoms with Crippen LogP contribution in [0.1, 0.15) is 16.7 Å². The standard InChI is InChI=1S/C25H21BrClFN2O3/c26-17-8-9-24(33-14-19-20(27)5-3-6-21(19)28)16(10-17)13-30-23(25(31)32)11-15-12-29-22-7-2-1-4-18(15)22/h1-10,12,23,29-30H,11,13-14H2,(H,31,32)/t23-/m0/s1. The molecular weight excluding hydrogens is 511 g/mol. The molecule has 0 spiro atoms. The number of fused-ring (bicyclic) bond motifs is 1. The Morgan fingerprint density at radius 1 is 1.15 bits per heavy atom. The van der Waals surface area contributed by atoms with Gasteiger partial charge in [-0.1, -0.05) is 51.8 Å². The minimum Gasteiger partial charge on any atom is -0.488 e. The number of para-hydroxylation sites is 1. The summed E-state index contributed by atoms with van der Waals surface area (Å²) in [5, 5.41) is 14.2. The lowest BCUT2D eigenvalue weighted by Gasteiger charge is -2.17. The first kappa shape index (κ1) is 23.3. The monoisotopic (exact) mass is 530 g/mol. The summed E-state index contributed by atoms with van der Waals surface area (Å²) < 4.78 is 20.8. The van der Waals surface area contributed by atoms with Crippen LogP contribution in [0.15, 0.2) is 71.3 Å². The Kier molecular flexibility index (Phi) is 7.33. The molecule has 0 radical (unpaired) electrons. The van der Waals surface area contributed by atoms with Gasteiger partial charge < -0.3 is 14.8 Å². The smallest absolute Gasteiger partial charge is 0.321 e. The number of aromatic amines is 1. The molecule has 0 amide bonds. The lowest BCUT2D eigenvalue weighted by Crippen LogP contribution is -2.38. The first-order valence-corrected chi connectivity index (χ1v) is 11.4. The van der Waals surface area contributed by atoms with Crippen LogP contribution < -0.4 is 10.1 Å². The van der Waals surface area contributed by atoms with Gasteiger partial charge in [0.25, 0.3) is 0 Å². The molecule has 170 valence electrons. The number of benzene rings is 3. The number of carboxylic acid groups (broad SMARTS) is 1. The van der Waals surface area contributed by atoms with Crippen molar-refractivity contribution in [3.63, 3.8) is 0 Å². The number of nitrogens with one attached hydrogen (secondary N) is 2. The van der Waals surface area contributed by atoms with Crippen molar-refractivity contribution in [3.05, 3.63) is 98.9 Å². The van der Waals surface area contributed by atoms with E-state index in [9.17, 15) is 14.3 Å². The van der Waals surface area contributed by atoms with E-state index in [1.165, 1.54) is 12.1 Å². The SMILES string of the molecule is O=C(O)[C@H](Cc1c[nH]c2ccccc12)NCc1cc(Br)ccc1OCc1c(F)cccc1Cl. The number of rotatable bonds is 9. The molecule has 0 bridgehead atoms. The third-order valence-electron chi connectivity index (χ3n) is 5.39. The van der Waals surface area contributed by atoms with Crippen LogP contribution in [-0.4, -0.2) is 22.1 Å². The van der Waals surface area contributed by atoms with Crippen molar-refractivity contribution >= 4 is 44.4 Å². The van der Waals surface area contributed by atoms with Crippen LogP contribution in [0.4, 0.5) is 4.39 Å². The van der Waals surface area contributed by atoms with Crippen LogP contribution in [0.3, 0.4) is 0 Å². The van der Waals surface area contributed by atoms with Gasteiger partial charge in [-0.05, 0) is 42.0 Å². The maximum atomic E-state index is 14.1. The Morgan fingerprint density at radius 3 is 2.76 bits per heavy atom. The Labute approximate surface area is 203 Å². The number of carboxylic acids is 1. The highest BCUT2D eigenvalue weighted by Crippen LogP contribution is 2.27. The molecule has 0 saturated heterocycles. The first-order chi connectivity index (χ1) is 15.9. The molecule has 0 aliphatic heterocycles. The number of H-pyrrole nitrogens is 1. The summed E-state index contributed by atoms with van der Waals surface area (Å²) in [6.45, 7) is 0.205. The fourth-order valence-corrected chi connectivity index (χ4v) is 4.27. The van der Waals surface area contributed by atoms with Crippen molar-refractivity contribution in [1.82, 2.24) is 10.3 Å². The number of halogens is 3. The summed E-state index contributed by atoms with van der Waals surface area (Å²) in [7, 11) is 0. The Morgan fingerprint density at radius 2 is 1.97 bits per heavy atom. The molecule has 0 aliphatic rings. The van der Waals surface area contributed by atoms with Gasteiger partial charge >= 0.3 is 5.97 Å². The summed E-state index contributed by atoms with van der Waals surface area (Å²) in [4.78, 5) is 15.1. The third kappa shape index (κ3) is 5.55. The van der Waals surface area contributed by atoms with Crippen molar-refractivity contribution in [1.29, 1.82) is 0 Å². The van der Waals surface area contributed by atoms with Crippen molar-refractivity contribution in [2.24, 2.45) is 0 Å². The number of ether oxygens (including phenoxy) is 1. The zero-order valence-electron chi connectivity index (χ0n) is 17.4. The van der Waals surface area contributed by atoms with Crippen LogP contribution in [0.5, 0.6) is 5.75 Å². The topological polar surface area (TPSA) is 74.3 Å². The molecule has 0 unspecified atom stereocenters. The van der Waals surface area contributed by atoms with E-state index in [0.717, 1.165) is 26.5 Å². The highest BCUT2D eigenvalue weighted by molar-refractivity contribution is 9.10. The normalized spacial score (nSPS) is 12.1. The zero-order valence-corrected chi connectivity index (χ0v) is 19.8. The van der Waals surface area contributed by atoms with Crippen LogP contribution >= 0.6 is 27.5 Å². The number of hydrogen-bond acceptors (Lipinski definition) is 3. The molecule has 3 aromatic carbocycles. The van der Waals surface area contributed by atoms with Gasteiger partial charge in [-0.15, -0.1) is 0 Å². The average molecular weight is 532 g/mol. The molecule has 0 aliphatic carbocycles. The second-order valence-electron chi connectivity index (χ2n) is 7.58. The van der Waals surface area contributed by atoms with Crippen molar-refractivity contribution in [2.75, 3.05) is 0 Å². The van der Waals surface area contributed by atoms with E-state index in [4.69, 9.17) is 16.3 Å². The fourth-order valence-electron chi connectivity index (χ4n) is 3.65. The molecule has 1 atom stereocenters. The second kappa shape index (κ2) is 10.4. The van der Waals surface area contributed by atoms with Gasteiger partial charge in [0.2, 0.25) is 0 Å². The largest absolute Gasteiger partial charge is 0.488 e. The molecule has 0 saturated carbocycles. The molecule has 4 rings (SSSR count). The van der Waals surface area contributed by atoms with E-state index < -0.39 is 17.8 Å². The second-order valence-corrected chi connectivity index (χ2v) is 8.90. The quantitative estimate of drug-likeness (QED) is 0.244. The molecule has 8 heteroatoms. The van der Waals surface area contributed by atoms with Gasteiger partial charge in [0, 0.05) is 45.7 Å². The predicted molar refractivity (Wildman–Crippen MR) is 130 cm³/mol. The van der Waals surface area contributed by atoms with Gasteiger partial charge in [0.15, 0.2) is 0 Å². The maximum absolute atomic E-state index is 14.1. The molecule has 1 aromatic heterocycles. The minimum absolute atomic E-state index is 0.0438. The van der Waals surface area contributed by atoms with Gasteiger partial charge in [0.1, 0.15) is 24.2 Å². The van der Waals surface area contributed by atoms with E-state index in [-0.39, 0.29) is 23.7 Å². The lowest BCUT2D eigenvalue weighted by atomic mass is 10.0. The van der Waals surface area contributed by atoms with Crippen molar-refractivity contribution in [3.8, 4) is 5.75 Å². The molecule has 3 N–H and O–H groups in total. The molecule has 1 heterocycles. The Hall–Kier alpha value is -2.87. The lowest BCUT2D eigenvalue weighted by molar-refractivity contribution is -0.139. The molecule has 4 aromatic rings. The number of aliphatic carboxylic acids is 1. The van der Waals surface area contributed by atoms with Gasteiger partial charge in [-0.2, -0.15) is 0 Å². The van der Waals surface area contributed by atoms with Gasteiger partial charge in [0.05, 0.1) is 5.02 Å². The molecule has 5 nitrogen and oxygen atoms in total. The number of aromatic nitrogens is 1. The van der Waals surface area contributed by atoms with Crippen LogP contribution in [-0.2, 0) is 24.4 Å². The highest BCUT2D eigenvalue weighted by atomic mass is 79.9. The average Bonchev–Trinajstić information content (AvgIpc) is 3.20. The maximum Gasteiger partial charge on any atom is 0.321 e. The zero-order chi connectivity index (χ0) is 23.4. The van der Waals surface area contributed by atoms with Gasteiger partial charge in [-0.25, -0.2) is 4.39 Å². The van der Waals surface area contributed by atoms with Crippen LogP contribution in [0.25, 0.3) is 10.9 Å². The van der Waals surface area contributed by atoms with E-state index in [0.29, 0.717) is 12.2 Å².